The minimum absolute atomic E-state index is 0.0229. The summed E-state index contributed by atoms with van der Waals surface area (Å²) >= 11 is 0. The Kier molecular flexibility index (Phi) is 3.09. The molecule has 0 aromatic rings. The van der Waals surface area contributed by atoms with E-state index in [4.69, 9.17) is 9.47 Å². The molecule has 3 heteroatoms. The van der Waals surface area contributed by atoms with Crippen molar-refractivity contribution in [3.63, 3.8) is 0 Å². The molecule has 1 saturated heterocycles. The molecular formula is C9H16O3. The van der Waals surface area contributed by atoms with Gasteiger partial charge in [0.25, 0.3) is 0 Å². The zero-order valence-corrected chi connectivity index (χ0v) is 7.87. The molecule has 0 aromatic heterocycles. The van der Waals surface area contributed by atoms with E-state index in [1.165, 1.54) is 0 Å². The number of carbonyl (C=O) groups excluding carboxylic acids is 1. The highest BCUT2D eigenvalue weighted by atomic mass is 16.5. The summed E-state index contributed by atoms with van der Waals surface area (Å²) in [6.07, 6.45) is 0.800. The summed E-state index contributed by atoms with van der Waals surface area (Å²) in [5.74, 6) is -0.164. The van der Waals surface area contributed by atoms with Gasteiger partial charge in [-0.2, -0.15) is 0 Å². The Bertz CT molecular complexity index is 165. The van der Waals surface area contributed by atoms with E-state index in [-0.39, 0.29) is 24.1 Å². The van der Waals surface area contributed by atoms with Gasteiger partial charge < -0.3 is 9.47 Å². The lowest BCUT2D eigenvalue weighted by Crippen LogP contribution is -2.26. The maximum absolute atomic E-state index is 11.4. The van der Waals surface area contributed by atoms with Gasteiger partial charge in [-0.25, -0.2) is 0 Å². The maximum Gasteiger partial charge on any atom is 0.311 e. The summed E-state index contributed by atoms with van der Waals surface area (Å²) in [4.78, 5) is 11.4. The molecule has 12 heavy (non-hydrogen) atoms. The number of hydrogen-bond acceptors (Lipinski definition) is 3. The fourth-order valence-corrected chi connectivity index (χ4v) is 1.36. The molecule has 0 N–H and O–H groups in total. The van der Waals surface area contributed by atoms with Gasteiger partial charge >= 0.3 is 5.97 Å². The highest BCUT2D eigenvalue weighted by molar-refractivity contribution is 5.73. The van der Waals surface area contributed by atoms with Gasteiger partial charge in [-0.1, -0.05) is 0 Å². The standard InChI is InChI=1S/C9H16O3/c1-6(2)12-9(10)8-4-5-11-7(8)3/h6-8H,4-5H2,1-3H3. The lowest BCUT2D eigenvalue weighted by molar-refractivity contribution is -0.153. The van der Waals surface area contributed by atoms with Crippen molar-refractivity contribution in [3.05, 3.63) is 0 Å². The number of esters is 1. The van der Waals surface area contributed by atoms with Crippen LogP contribution >= 0.6 is 0 Å². The van der Waals surface area contributed by atoms with Crippen LogP contribution in [-0.2, 0) is 14.3 Å². The van der Waals surface area contributed by atoms with Gasteiger partial charge in [0.15, 0.2) is 0 Å². The highest BCUT2D eigenvalue weighted by Crippen LogP contribution is 2.21. The fraction of sp³-hybridized carbons (Fsp3) is 0.889. The van der Waals surface area contributed by atoms with Gasteiger partial charge in [-0.3, -0.25) is 4.79 Å². The van der Waals surface area contributed by atoms with Crippen molar-refractivity contribution in [2.75, 3.05) is 6.61 Å². The third-order valence-electron chi connectivity index (χ3n) is 2.03. The van der Waals surface area contributed by atoms with Crippen LogP contribution in [0.1, 0.15) is 27.2 Å². The number of rotatable bonds is 2. The van der Waals surface area contributed by atoms with E-state index in [2.05, 4.69) is 0 Å². The predicted molar refractivity (Wildman–Crippen MR) is 44.7 cm³/mol. The quantitative estimate of drug-likeness (QED) is 0.590. The molecule has 70 valence electrons. The van der Waals surface area contributed by atoms with E-state index < -0.39 is 0 Å². The molecule has 1 heterocycles. The molecule has 0 amide bonds. The minimum Gasteiger partial charge on any atom is -0.463 e. The van der Waals surface area contributed by atoms with Gasteiger partial charge in [0.1, 0.15) is 0 Å². The Morgan fingerprint density at radius 1 is 1.58 bits per heavy atom. The third kappa shape index (κ3) is 2.21. The second kappa shape index (κ2) is 3.90. The van der Waals surface area contributed by atoms with Crippen molar-refractivity contribution in [2.24, 2.45) is 5.92 Å². The van der Waals surface area contributed by atoms with Crippen LogP contribution in [0.4, 0.5) is 0 Å². The SMILES string of the molecule is CC(C)OC(=O)C1CCOC1C. The molecule has 2 atom stereocenters. The molecule has 1 aliphatic rings. The van der Waals surface area contributed by atoms with Crippen molar-refractivity contribution in [2.45, 2.75) is 39.4 Å². The first-order chi connectivity index (χ1) is 5.61. The zero-order valence-electron chi connectivity index (χ0n) is 7.87. The first kappa shape index (κ1) is 9.52. The fourth-order valence-electron chi connectivity index (χ4n) is 1.36. The van der Waals surface area contributed by atoms with Crippen molar-refractivity contribution in [1.82, 2.24) is 0 Å². The van der Waals surface area contributed by atoms with E-state index in [1.807, 2.05) is 20.8 Å². The van der Waals surface area contributed by atoms with Gasteiger partial charge in [0.2, 0.25) is 0 Å². The van der Waals surface area contributed by atoms with Gasteiger partial charge in [-0.05, 0) is 27.2 Å². The van der Waals surface area contributed by atoms with Crippen LogP contribution in [0.25, 0.3) is 0 Å². The molecule has 1 aliphatic heterocycles. The van der Waals surface area contributed by atoms with Crippen LogP contribution in [-0.4, -0.2) is 24.8 Å². The average Bonchev–Trinajstić information content (AvgIpc) is 2.33. The molecule has 0 bridgehead atoms. The Labute approximate surface area is 73.0 Å². The van der Waals surface area contributed by atoms with E-state index in [0.29, 0.717) is 6.61 Å². The van der Waals surface area contributed by atoms with Crippen LogP contribution in [0.15, 0.2) is 0 Å². The lowest BCUT2D eigenvalue weighted by atomic mass is 10.0. The van der Waals surface area contributed by atoms with Crippen LogP contribution < -0.4 is 0 Å². The molecular weight excluding hydrogens is 156 g/mol. The van der Waals surface area contributed by atoms with E-state index in [1.54, 1.807) is 0 Å². The monoisotopic (exact) mass is 172 g/mol. The third-order valence-corrected chi connectivity index (χ3v) is 2.03. The summed E-state index contributed by atoms with van der Waals surface area (Å²) in [5, 5.41) is 0. The molecule has 0 aromatic carbocycles. The minimum atomic E-state index is -0.116. The maximum atomic E-state index is 11.4. The number of hydrogen-bond donors (Lipinski definition) is 0. The highest BCUT2D eigenvalue weighted by Gasteiger charge is 2.32. The summed E-state index contributed by atoms with van der Waals surface area (Å²) in [6.45, 7) is 6.31. The van der Waals surface area contributed by atoms with Crippen molar-refractivity contribution in [1.29, 1.82) is 0 Å². The molecule has 1 rings (SSSR count). The largest absolute Gasteiger partial charge is 0.463 e. The normalized spacial score (nSPS) is 29.3. The molecule has 1 fully saturated rings. The topological polar surface area (TPSA) is 35.5 Å². The number of ether oxygens (including phenoxy) is 2. The zero-order chi connectivity index (χ0) is 9.14. The second-order valence-corrected chi connectivity index (χ2v) is 3.46. The Morgan fingerprint density at radius 3 is 2.67 bits per heavy atom. The predicted octanol–water partition coefficient (Wildman–Crippen LogP) is 1.36. The molecule has 3 nitrogen and oxygen atoms in total. The Morgan fingerprint density at radius 2 is 2.25 bits per heavy atom. The summed E-state index contributed by atoms with van der Waals surface area (Å²) in [7, 11) is 0. The first-order valence-corrected chi connectivity index (χ1v) is 4.43. The molecule has 0 saturated carbocycles. The van der Waals surface area contributed by atoms with E-state index in [9.17, 15) is 4.79 Å². The molecule has 2 unspecified atom stereocenters. The Hall–Kier alpha value is -0.570. The first-order valence-electron chi connectivity index (χ1n) is 4.43. The second-order valence-electron chi connectivity index (χ2n) is 3.46. The smallest absolute Gasteiger partial charge is 0.311 e. The van der Waals surface area contributed by atoms with Gasteiger partial charge in [0, 0.05) is 6.61 Å². The van der Waals surface area contributed by atoms with Crippen LogP contribution in [0, 0.1) is 5.92 Å². The summed E-state index contributed by atoms with van der Waals surface area (Å²) < 4.78 is 10.4. The Balaban J connectivity index is 2.41. The molecule has 0 spiro atoms. The van der Waals surface area contributed by atoms with Gasteiger partial charge in [-0.15, -0.1) is 0 Å². The van der Waals surface area contributed by atoms with Crippen LogP contribution in [0.2, 0.25) is 0 Å². The van der Waals surface area contributed by atoms with Crippen LogP contribution in [0.5, 0.6) is 0 Å². The van der Waals surface area contributed by atoms with Crippen molar-refractivity contribution >= 4 is 5.97 Å². The number of carbonyl (C=O) groups is 1. The van der Waals surface area contributed by atoms with Crippen molar-refractivity contribution in [3.8, 4) is 0 Å². The lowest BCUT2D eigenvalue weighted by Gasteiger charge is -2.14. The summed E-state index contributed by atoms with van der Waals surface area (Å²) in [6, 6.07) is 0. The van der Waals surface area contributed by atoms with Crippen LogP contribution in [0.3, 0.4) is 0 Å². The van der Waals surface area contributed by atoms with Crippen molar-refractivity contribution < 1.29 is 14.3 Å². The van der Waals surface area contributed by atoms with E-state index >= 15 is 0 Å². The molecule has 0 radical (unpaired) electrons. The average molecular weight is 172 g/mol. The van der Waals surface area contributed by atoms with Gasteiger partial charge in [0.05, 0.1) is 18.1 Å². The molecule has 0 aliphatic carbocycles. The summed E-state index contributed by atoms with van der Waals surface area (Å²) in [5.41, 5.74) is 0. The van der Waals surface area contributed by atoms with E-state index in [0.717, 1.165) is 6.42 Å².